The summed E-state index contributed by atoms with van der Waals surface area (Å²) in [6, 6.07) is 0.121. The molecule has 1 aliphatic carbocycles. The molecular weight excluding hydrogens is 194 g/mol. The van der Waals surface area contributed by atoms with Crippen molar-refractivity contribution in [1.82, 2.24) is 5.32 Å². The second kappa shape index (κ2) is 6.08. The average Bonchev–Trinajstić information content (AvgIpc) is 2.15. The summed E-state index contributed by atoms with van der Waals surface area (Å²) in [7, 11) is 0. The lowest BCUT2D eigenvalue weighted by Crippen LogP contribution is -2.39. The minimum absolute atomic E-state index is 0.0185. The fourth-order valence-corrected chi connectivity index (χ4v) is 1.93. The normalized spacial score (nSPS) is 28.5. The molecule has 0 spiro atoms. The highest BCUT2D eigenvalue weighted by Crippen LogP contribution is 2.18. The Morgan fingerprint density at radius 1 is 1.53 bits per heavy atom. The average molecular weight is 215 g/mol. The number of hydrogen-bond acceptors (Lipinski definition) is 3. The molecule has 1 fully saturated rings. The maximum atomic E-state index is 11.4. The summed E-state index contributed by atoms with van der Waals surface area (Å²) in [5.74, 6) is -0.0185. The molecule has 4 heteroatoms. The van der Waals surface area contributed by atoms with Gasteiger partial charge in [-0.25, -0.2) is 0 Å². The zero-order valence-corrected chi connectivity index (χ0v) is 9.28. The smallest absolute Gasteiger partial charge is 0.220 e. The number of aliphatic hydroxyl groups is 2. The fourth-order valence-electron chi connectivity index (χ4n) is 1.93. The summed E-state index contributed by atoms with van der Waals surface area (Å²) in [6.07, 6.45) is 3.62. The van der Waals surface area contributed by atoms with Gasteiger partial charge in [-0.15, -0.1) is 0 Å². The molecule has 15 heavy (non-hydrogen) atoms. The van der Waals surface area contributed by atoms with Crippen LogP contribution in [0.3, 0.4) is 0 Å². The van der Waals surface area contributed by atoms with E-state index in [-0.39, 0.29) is 18.1 Å². The van der Waals surface area contributed by atoms with Gasteiger partial charge >= 0.3 is 0 Å². The van der Waals surface area contributed by atoms with Crippen LogP contribution in [-0.4, -0.2) is 34.4 Å². The first-order chi connectivity index (χ1) is 7.08. The second-order valence-corrected chi connectivity index (χ2v) is 4.47. The Kier molecular flexibility index (Phi) is 5.05. The molecule has 3 unspecified atom stereocenters. The van der Waals surface area contributed by atoms with E-state index in [1.54, 1.807) is 6.92 Å². The van der Waals surface area contributed by atoms with E-state index in [1.165, 1.54) is 0 Å². The zero-order valence-electron chi connectivity index (χ0n) is 9.28. The van der Waals surface area contributed by atoms with Crippen molar-refractivity contribution < 1.29 is 15.0 Å². The molecule has 1 amide bonds. The summed E-state index contributed by atoms with van der Waals surface area (Å²) >= 11 is 0. The van der Waals surface area contributed by atoms with Crippen molar-refractivity contribution in [2.45, 2.75) is 63.7 Å². The SMILES string of the molecule is CC(O)CCC(=O)NC1CCCC(O)C1. The van der Waals surface area contributed by atoms with Crippen LogP contribution >= 0.6 is 0 Å². The molecule has 0 bridgehead atoms. The van der Waals surface area contributed by atoms with E-state index in [9.17, 15) is 9.90 Å². The Morgan fingerprint density at radius 2 is 2.27 bits per heavy atom. The van der Waals surface area contributed by atoms with E-state index in [0.29, 0.717) is 19.3 Å². The van der Waals surface area contributed by atoms with Crippen molar-refractivity contribution in [2.75, 3.05) is 0 Å². The van der Waals surface area contributed by atoms with Crippen LogP contribution in [0.25, 0.3) is 0 Å². The zero-order chi connectivity index (χ0) is 11.3. The molecular formula is C11H21NO3. The second-order valence-electron chi connectivity index (χ2n) is 4.47. The van der Waals surface area contributed by atoms with Gasteiger partial charge in [-0.3, -0.25) is 4.79 Å². The van der Waals surface area contributed by atoms with Crippen LogP contribution < -0.4 is 5.32 Å². The van der Waals surface area contributed by atoms with Gasteiger partial charge in [-0.2, -0.15) is 0 Å². The van der Waals surface area contributed by atoms with Crippen molar-refractivity contribution >= 4 is 5.91 Å². The van der Waals surface area contributed by atoms with Gasteiger partial charge < -0.3 is 15.5 Å². The molecule has 1 rings (SSSR count). The van der Waals surface area contributed by atoms with Crippen molar-refractivity contribution in [3.63, 3.8) is 0 Å². The molecule has 3 N–H and O–H groups in total. The Hall–Kier alpha value is -0.610. The molecule has 3 atom stereocenters. The molecule has 0 heterocycles. The number of rotatable bonds is 4. The highest BCUT2D eigenvalue weighted by molar-refractivity contribution is 5.76. The predicted octanol–water partition coefficient (Wildman–Crippen LogP) is 0.567. The van der Waals surface area contributed by atoms with E-state index < -0.39 is 6.10 Å². The van der Waals surface area contributed by atoms with Crippen LogP contribution in [0.4, 0.5) is 0 Å². The van der Waals surface area contributed by atoms with Crippen molar-refractivity contribution in [3.05, 3.63) is 0 Å². The number of aliphatic hydroxyl groups excluding tert-OH is 2. The van der Waals surface area contributed by atoms with Gasteiger partial charge in [0.1, 0.15) is 0 Å². The number of carbonyl (C=O) groups is 1. The lowest BCUT2D eigenvalue weighted by atomic mass is 9.93. The molecule has 0 aromatic carbocycles. The molecule has 4 nitrogen and oxygen atoms in total. The Balaban J connectivity index is 2.19. The van der Waals surface area contributed by atoms with Gasteiger partial charge in [0.25, 0.3) is 0 Å². The third-order valence-corrected chi connectivity index (χ3v) is 2.80. The molecule has 0 aromatic rings. The third kappa shape index (κ3) is 5.14. The Morgan fingerprint density at radius 3 is 2.87 bits per heavy atom. The summed E-state index contributed by atoms with van der Waals surface area (Å²) in [5.41, 5.74) is 0. The summed E-state index contributed by atoms with van der Waals surface area (Å²) in [4.78, 5) is 11.4. The molecule has 0 aromatic heterocycles. The van der Waals surface area contributed by atoms with Crippen LogP contribution in [0.5, 0.6) is 0 Å². The first-order valence-corrected chi connectivity index (χ1v) is 5.73. The van der Waals surface area contributed by atoms with Crippen LogP contribution in [-0.2, 0) is 4.79 Å². The van der Waals surface area contributed by atoms with E-state index in [2.05, 4.69) is 5.32 Å². The Bertz CT molecular complexity index is 206. The maximum Gasteiger partial charge on any atom is 0.220 e. The quantitative estimate of drug-likeness (QED) is 0.642. The van der Waals surface area contributed by atoms with Crippen molar-refractivity contribution in [2.24, 2.45) is 0 Å². The van der Waals surface area contributed by atoms with Crippen molar-refractivity contribution in [3.8, 4) is 0 Å². The summed E-state index contributed by atoms with van der Waals surface area (Å²) < 4.78 is 0. The summed E-state index contributed by atoms with van der Waals surface area (Å²) in [6.45, 7) is 1.68. The Labute approximate surface area is 90.7 Å². The van der Waals surface area contributed by atoms with Gasteiger partial charge in [-0.1, -0.05) is 0 Å². The third-order valence-electron chi connectivity index (χ3n) is 2.80. The van der Waals surface area contributed by atoms with E-state index >= 15 is 0 Å². The van der Waals surface area contributed by atoms with Gasteiger partial charge in [0, 0.05) is 12.5 Å². The minimum atomic E-state index is -0.423. The van der Waals surface area contributed by atoms with Crippen molar-refractivity contribution in [1.29, 1.82) is 0 Å². The van der Waals surface area contributed by atoms with Gasteiger partial charge in [0.2, 0.25) is 5.91 Å². The molecule has 0 saturated heterocycles. The molecule has 1 aliphatic rings. The number of carbonyl (C=O) groups excluding carboxylic acids is 1. The highest BCUT2D eigenvalue weighted by Gasteiger charge is 2.21. The number of nitrogens with one attached hydrogen (secondary N) is 1. The standard InChI is InChI=1S/C11H21NO3/c1-8(13)5-6-11(15)12-9-3-2-4-10(14)7-9/h8-10,13-14H,2-7H2,1H3,(H,12,15). The highest BCUT2D eigenvalue weighted by atomic mass is 16.3. The fraction of sp³-hybridized carbons (Fsp3) is 0.909. The minimum Gasteiger partial charge on any atom is -0.393 e. The first-order valence-electron chi connectivity index (χ1n) is 5.73. The monoisotopic (exact) mass is 215 g/mol. The van der Waals surface area contributed by atoms with E-state index in [4.69, 9.17) is 5.11 Å². The largest absolute Gasteiger partial charge is 0.393 e. The van der Waals surface area contributed by atoms with E-state index in [0.717, 1.165) is 19.3 Å². The van der Waals surface area contributed by atoms with Gasteiger partial charge in [-0.05, 0) is 39.0 Å². The van der Waals surface area contributed by atoms with Gasteiger partial charge in [0.15, 0.2) is 0 Å². The summed E-state index contributed by atoms with van der Waals surface area (Å²) in [5, 5.41) is 21.3. The predicted molar refractivity (Wildman–Crippen MR) is 57.3 cm³/mol. The number of hydrogen-bond donors (Lipinski definition) is 3. The molecule has 0 aliphatic heterocycles. The molecule has 1 saturated carbocycles. The topological polar surface area (TPSA) is 69.6 Å². The number of amides is 1. The van der Waals surface area contributed by atoms with Crippen LogP contribution in [0, 0.1) is 0 Å². The van der Waals surface area contributed by atoms with Crippen LogP contribution in [0.15, 0.2) is 0 Å². The van der Waals surface area contributed by atoms with Gasteiger partial charge in [0.05, 0.1) is 12.2 Å². The lowest BCUT2D eigenvalue weighted by Gasteiger charge is -2.26. The molecule has 88 valence electrons. The molecule has 0 radical (unpaired) electrons. The maximum absolute atomic E-state index is 11.4. The van der Waals surface area contributed by atoms with E-state index in [1.807, 2.05) is 0 Å². The van der Waals surface area contributed by atoms with Crippen LogP contribution in [0.1, 0.15) is 45.4 Å². The first kappa shape index (κ1) is 12.5. The lowest BCUT2D eigenvalue weighted by molar-refractivity contribution is -0.122. The van der Waals surface area contributed by atoms with Crippen LogP contribution in [0.2, 0.25) is 0 Å².